The molecule has 18 heavy (non-hydrogen) atoms. The molecule has 2 aromatic rings. The highest BCUT2D eigenvalue weighted by Gasteiger charge is 2.24. The topological polar surface area (TPSA) is 42.0 Å². The standard InChI is InChI=1S/C13H13FN2OS/c1-13(2,9-3-5-10(14)6-4-9)16-12(17)11-7-18-8-15-11/h3-8H,1-2H3,(H,16,17). The van der Waals surface area contributed by atoms with Crippen molar-refractivity contribution in [1.29, 1.82) is 0 Å². The summed E-state index contributed by atoms with van der Waals surface area (Å²) in [4.78, 5) is 15.9. The third kappa shape index (κ3) is 2.73. The molecular weight excluding hydrogens is 251 g/mol. The van der Waals surface area contributed by atoms with Crippen LogP contribution in [0.2, 0.25) is 0 Å². The molecular formula is C13H13FN2OS. The van der Waals surface area contributed by atoms with Gasteiger partial charge >= 0.3 is 0 Å². The largest absolute Gasteiger partial charge is 0.342 e. The molecule has 0 fully saturated rings. The molecule has 5 heteroatoms. The summed E-state index contributed by atoms with van der Waals surface area (Å²) in [6, 6.07) is 6.09. The van der Waals surface area contributed by atoms with Crippen molar-refractivity contribution in [1.82, 2.24) is 10.3 Å². The van der Waals surface area contributed by atoms with Crippen LogP contribution >= 0.6 is 11.3 Å². The Morgan fingerprint density at radius 3 is 2.56 bits per heavy atom. The second kappa shape index (κ2) is 4.86. The van der Waals surface area contributed by atoms with Crippen molar-refractivity contribution in [3.05, 3.63) is 52.2 Å². The maximum Gasteiger partial charge on any atom is 0.271 e. The zero-order chi connectivity index (χ0) is 13.2. The van der Waals surface area contributed by atoms with Crippen molar-refractivity contribution in [2.45, 2.75) is 19.4 Å². The van der Waals surface area contributed by atoms with E-state index in [4.69, 9.17) is 0 Å². The highest BCUT2D eigenvalue weighted by Crippen LogP contribution is 2.20. The van der Waals surface area contributed by atoms with Crippen molar-refractivity contribution in [3.8, 4) is 0 Å². The van der Waals surface area contributed by atoms with Gasteiger partial charge in [-0.1, -0.05) is 12.1 Å². The summed E-state index contributed by atoms with van der Waals surface area (Å²) >= 11 is 1.37. The second-order valence-corrected chi connectivity index (χ2v) is 5.18. The average Bonchev–Trinajstić information content (AvgIpc) is 2.82. The predicted octanol–water partition coefficient (Wildman–Crippen LogP) is 2.95. The number of hydrogen-bond acceptors (Lipinski definition) is 3. The molecule has 0 unspecified atom stereocenters. The molecule has 1 heterocycles. The lowest BCUT2D eigenvalue weighted by Gasteiger charge is -2.26. The van der Waals surface area contributed by atoms with Crippen molar-refractivity contribution < 1.29 is 9.18 Å². The van der Waals surface area contributed by atoms with Crippen molar-refractivity contribution in [2.24, 2.45) is 0 Å². The summed E-state index contributed by atoms with van der Waals surface area (Å²) in [6.45, 7) is 3.73. The van der Waals surface area contributed by atoms with Gasteiger partial charge in [-0.05, 0) is 31.5 Å². The molecule has 0 aliphatic carbocycles. The van der Waals surface area contributed by atoms with Crippen LogP contribution in [-0.4, -0.2) is 10.9 Å². The van der Waals surface area contributed by atoms with Gasteiger partial charge in [0.1, 0.15) is 11.5 Å². The van der Waals surface area contributed by atoms with Crippen molar-refractivity contribution in [2.75, 3.05) is 0 Å². The van der Waals surface area contributed by atoms with Crippen LogP contribution in [0.15, 0.2) is 35.2 Å². The van der Waals surface area contributed by atoms with E-state index in [-0.39, 0.29) is 11.7 Å². The van der Waals surface area contributed by atoms with Crippen molar-refractivity contribution in [3.63, 3.8) is 0 Å². The number of nitrogens with one attached hydrogen (secondary N) is 1. The Balaban J connectivity index is 2.16. The molecule has 0 radical (unpaired) electrons. The molecule has 0 spiro atoms. The van der Waals surface area contributed by atoms with E-state index in [2.05, 4.69) is 10.3 Å². The van der Waals surface area contributed by atoms with E-state index in [0.29, 0.717) is 5.69 Å². The van der Waals surface area contributed by atoms with Gasteiger partial charge in [-0.15, -0.1) is 11.3 Å². The number of amides is 1. The molecule has 2 rings (SSSR count). The summed E-state index contributed by atoms with van der Waals surface area (Å²) in [7, 11) is 0. The number of nitrogens with zero attached hydrogens (tertiary/aromatic N) is 1. The van der Waals surface area contributed by atoms with Gasteiger partial charge in [0.25, 0.3) is 5.91 Å². The Bertz CT molecular complexity index is 535. The lowest BCUT2D eigenvalue weighted by molar-refractivity contribution is 0.0907. The number of rotatable bonds is 3. The molecule has 94 valence electrons. The fraction of sp³-hybridized carbons (Fsp3) is 0.231. The lowest BCUT2D eigenvalue weighted by atomic mass is 9.94. The first kappa shape index (κ1) is 12.7. The third-order valence-corrected chi connectivity index (χ3v) is 3.24. The van der Waals surface area contributed by atoms with E-state index >= 15 is 0 Å². The molecule has 0 atom stereocenters. The fourth-order valence-electron chi connectivity index (χ4n) is 1.61. The number of carbonyl (C=O) groups excluding carboxylic acids is 1. The molecule has 0 aliphatic rings. The number of carbonyl (C=O) groups is 1. The monoisotopic (exact) mass is 264 g/mol. The molecule has 3 nitrogen and oxygen atoms in total. The van der Waals surface area contributed by atoms with E-state index < -0.39 is 5.54 Å². The predicted molar refractivity (Wildman–Crippen MR) is 69.0 cm³/mol. The van der Waals surface area contributed by atoms with Crippen LogP contribution in [0.3, 0.4) is 0 Å². The molecule has 0 aliphatic heterocycles. The Kier molecular flexibility index (Phi) is 3.43. The fourth-order valence-corrected chi connectivity index (χ4v) is 2.14. The van der Waals surface area contributed by atoms with E-state index in [0.717, 1.165) is 5.56 Å². The normalized spacial score (nSPS) is 11.3. The minimum atomic E-state index is -0.575. The third-order valence-electron chi connectivity index (χ3n) is 2.66. The number of halogens is 1. The molecule has 0 bridgehead atoms. The number of hydrogen-bond donors (Lipinski definition) is 1. The van der Waals surface area contributed by atoms with Gasteiger partial charge in [0.05, 0.1) is 11.0 Å². The Morgan fingerprint density at radius 2 is 2.00 bits per heavy atom. The summed E-state index contributed by atoms with van der Waals surface area (Å²) in [6.07, 6.45) is 0. The molecule has 1 aromatic carbocycles. The molecule has 0 saturated heterocycles. The summed E-state index contributed by atoms with van der Waals surface area (Å²) in [5.74, 6) is -0.522. The van der Waals surface area contributed by atoms with Crippen LogP contribution in [0.1, 0.15) is 29.9 Å². The quantitative estimate of drug-likeness (QED) is 0.926. The van der Waals surface area contributed by atoms with Crippen LogP contribution in [0, 0.1) is 5.82 Å². The Morgan fingerprint density at radius 1 is 1.33 bits per heavy atom. The highest BCUT2D eigenvalue weighted by atomic mass is 32.1. The van der Waals surface area contributed by atoms with Crippen LogP contribution in [0.25, 0.3) is 0 Å². The number of aromatic nitrogens is 1. The first-order chi connectivity index (χ1) is 8.49. The summed E-state index contributed by atoms with van der Waals surface area (Å²) < 4.78 is 12.9. The number of thiazole rings is 1. The second-order valence-electron chi connectivity index (χ2n) is 4.46. The summed E-state index contributed by atoms with van der Waals surface area (Å²) in [5.41, 5.74) is 2.27. The number of benzene rings is 1. The van der Waals surface area contributed by atoms with E-state index in [1.807, 2.05) is 13.8 Å². The van der Waals surface area contributed by atoms with Gasteiger partial charge in [0.2, 0.25) is 0 Å². The SMILES string of the molecule is CC(C)(NC(=O)c1cscn1)c1ccc(F)cc1. The zero-order valence-electron chi connectivity index (χ0n) is 10.1. The maximum atomic E-state index is 12.9. The van der Waals surface area contributed by atoms with E-state index in [9.17, 15) is 9.18 Å². The molecule has 1 aromatic heterocycles. The Hall–Kier alpha value is -1.75. The van der Waals surface area contributed by atoms with Crippen LogP contribution in [0.5, 0.6) is 0 Å². The van der Waals surface area contributed by atoms with Crippen LogP contribution in [0.4, 0.5) is 4.39 Å². The van der Waals surface area contributed by atoms with Crippen LogP contribution in [-0.2, 0) is 5.54 Å². The minimum absolute atomic E-state index is 0.231. The molecule has 1 amide bonds. The molecule has 1 N–H and O–H groups in total. The maximum absolute atomic E-state index is 12.9. The average molecular weight is 264 g/mol. The minimum Gasteiger partial charge on any atom is -0.342 e. The van der Waals surface area contributed by atoms with Gasteiger partial charge < -0.3 is 5.32 Å². The molecule has 0 saturated carbocycles. The summed E-state index contributed by atoms with van der Waals surface area (Å²) in [5, 5.41) is 4.57. The Labute approximate surface area is 109 Å². The highest BCUT2D eigenvalue weighted by molar-refractivity contribution is 7.07. The van der Waals surface area contributed by atoms with Crippen molar-refractivity contribution >= 4 is 17.2 Å². The van der Waals surface area contributed by atoms with Gasteiger partial charge in [0.15, 0.2) is 0 Å². The lowest BCUT2D eigenvalue weighted by Crippen LogP contribution is -2.41. The van der Waals surface area contributed by atoms with Gasteiger partial charge in [0, 0.05) is 5.38 Å². The first-order valence-corrected chi connectivity index (χ1v) is 6.40. The van der Waals surface area contributed by atoms with E-state index in [1.165, 1.54) is 23.5 Å². The van der Waals surface area contributed by atoms with Gasteiger partial charge in [-0.25, -0.2) is 9.37 Å². The van der Waals surface area contributed by atoms with Gasteiger partial charge in [-0.3, -0.25) is 4.79 Å². The first-order valence-electron chi connectivity index (χ1n) is 5.46. The van der Waals surface area contributed by atoms with E-state index in [1.54, 1.807) is 23.0 Å². The van der Waals surface area contributed by atoms with Crippen LogP contribution < -0.4 is 5.32 Å². The smallest absolute Gasteiger partial charge is 0.271 e. The van der Waals surface area contributed by atoms with Gasteiger partial charge in [-0.2, -0.15) is 0 Å². The zero-order valence-corrected chi connectivity index (χ0v) is 10.9.